The van der Waals surface area contributed by atoms with Crippen molar-refractivity contribution in [2.24, 2.45) is 0 Å². The van der Waals surface area contributed by atoms with Crippen LogP contribution in [0, 0.1) is 0 Å². The summed E-state index contributed by atoms with van der Waals surface area (Å²) in [4.78, 5) is 3.91. The highest BCUT2D eigenvalue weighted by molar-refractivity contribution is 7.72. The van der Waals surface area contributed by atoms with Crippen LogP contribution in [0.25, 0.3) is 0 Å². The average Bonchev–Trinajstić information content (AvgIpc) is 2.05. The molecule has 0 saturated carbocycles. The summed E-state index contributed by atoms with van der Waals surface area (Å²) in [6.07, 6.45) is 1.25. The predicted molar refractivity (Wildman–Crippen MR) is 39.4 cm³/mol. The molecule has 0 spiro atoms. The van der Waals surface area contributed by atoms with Crippen LogP contribution in [0.2, 0.25) is 0 Å². The van der Waals surface area contributed by atoms with E-state index in [-0.39, 0.29) is 4.90 Å². The molecule has 11 heavy (non-hydrogen) atoms. The first-order valence-electron chi connectivity index (χ1n) is 2.88. The summed E-state index contributed by atoms with van der Waals surface area (Å²) in [5, 5.41) is 0. The van der Waals surface area contributed by atoms with Crippen molar-refractivity contribution >= 4 is 10.7 Å². The van der Waals surface area contributed by atoms with Crippen LogP contribution in [0.5, 0.6) is 5.88 Å². The van der Waals surface area contributed by atoms with Crippen LogP contribution in [0.4, 0.5) is 0 Å². The smallest absolute Gasteiger partial charge is 0.212 e. The third kappa shape index (κ3) is 1.91. The molecular weight excluding hydrogens is 166 g/mol. The maximum absolute atomic E-state index is 10.4. The molecule has 1 heterocycles. The van der Waals surface area contributed by atoms with E-state index in [0.29, 0.717) is 5.88 Å². The molecule has 0 radical (unpaired) electrons. The Hall–Kier alpha value is -1.10. The molecule has 0 atom stereocenters. The highest BCUT2D eigenvalue weighted by atomic mass is 32.2. The minimum atomic E-state index is -2.53. The molecular formula is C6H7NO3S. The van der Waals surface area contributed by atoms with Crippen LogP contribution < -0.4 is 4.74 Å². The van der Waals surface area contributed by atoms with Gasteiger partial charge in [0.25, 0.3) is 0 Å². The summed E-state index contributed by atoms with van der Waals surface area (Å²) >= 11 is 0. The summed E-state index contributed by atoms with van der Waals surface area (Å²) in [5.74, 6) is 0.408. The molecule has 0 fully saturated rings. The minimum Gasteiger partial charge on any atom is -0.481 e. The minimum absolute atomic E-state index is 0.195. The lowest BCUT2D eigenvalue weighted by Gasteiger charge is -1.95. The Bertz CT molecular complexity index is 296. The second kappa shape index (κ2) is 3.34. The number of aromatic nitrogens is 1. The van der Waals surface area contributed by atoms with Crippen LogP contribution in [0.15, 0.2) is 23.2 Å². The van der Waals surface area contributed by atoms with Gasteiger partial charge < -0.3 is 4.74 Å². The monoisotopic (exact) mass is 173 g/mol. The van der Waals surface area contributed by atoms with Crippen LogP contribution in [-0.4, -0.2) is 20.5 Å². The number of thiol groups is 1. The molecule has 0 bridgehead atoms. The van der Waals surface area contributed by atoms with Gasteiger partial charge in [-0.25, -0.2) is 13.4 Å². The Morgan fingerprint density at radius 1 is 1.45 bits per heavy atom. The van der Waals surface area contributed by atoms with E-state index in [4.69, 9.17) is 4.74 Å². The molecule has 0 N–H and O–H groups in total. The highest BCUT2D eigenvalue weighted by Crippen LogP contribution is 2.06. The molecule has 0 aliphatic carbocycles. The van der Waals surface area contributed by atoms with Crippen molar-refractivity contribution in [2.75, 3.05) is 7.11 Å². The number of hydrogen-bond donors (Lipinski definition) is 1. The standard InChI is InChI=1S/C6H7NO3S/c1-10-6-3-2-5(4-7-6)11(8)9/h2-4,11H,1H3. The SMILES string of the molecule is COc1ccc([SH](=O)=O)cn1. The van der Waals surface area contributed by atoms with Gasteiger partial charge in [0.15, 0.2) is 10.7 Å². The van der Waals surface area contributed by atoms with E-state index >= 15 is 0 Å². The summed E-state index contributed by atoms with van der Waals surface area (Å²) in [6, 6.07) is 2.94. The fourth-order valence-corrected chi connectivity index (χ4v) is 0.950. The van der Waals surface area contributed by atoms with Gasteiger partial charge in [0.05, 0.1) is 12.0 Å². The molecule has 0 amide bonds. The molecule has 0 saturated heterocycles. The van der Waals surface area contributed by atoms with Crippen LogP contribution >= 0.6 is 0 Å². The molecule has 0 aromatic carbocycles. The first-order valence-corrected chi connectivity index (χ1v) is 4.06. The quantitative estimate of drug-likeness (QED) is 0.642. The lowest BCUT2D eigenvalue weighted by Crippen LogP contribution is -1.87. The van der Waals surface area contributed by atoms with Gasteiger partial charge in [-0.05, 0) is 6.07 Å². The van der Waals surface area contributed by atoms with Crippen molar-refractivity contribution in [2.45, 2.75) is 4.90 Å². The average molecular weight is 173 g/mol. The zero-order valence-electron chi connectivity index (χ0n) is 5.85. The maximum atomic E-state index is 10.4. The lowest BCUT2D eigenvalue weighted by molar-refractivity contribution is 0.397. The van der Waals surface area contributed by atoms with Crippen LogP contribution in [0.1, 0.15) is 0 Å². The van der Waals surface area contributed by atoms with Crippen molar-refractivity contribution < 1.29 is 13.2 Å². The Labute approximate surface area is 65.8 Å². The molecule has 1 rings (SSSR count). The second-order valence-corrected chi connectivity index (χ2v) is 2.85. The normalized spacial score (nSPS) is 10.0. The molecule has 0 aliphatic rings. The number of nitrogens with zero attached hydrogens (tertiary/aromatic N) is 1. The summed E-state index contributed by atoms with van der Waals surface area (Å²) in [7, 11) is -1.06. The lowest BCUT2D eigenvalue weighted by atomic mass is 10.5. The number of methoxy groups -OCH3 is 1. The van der Waals surface area contributed by atoms with E-state index in [1.54, 1.807) is 0 Å². The van der Waals surface area contributed by atoms with Crippen molar-refractivity contribution in [3.05, 3.63) is 18.3 Å². The zero-order chi connectivity index (χ0) is 8.27. The van der Waals surface area contributed by atoms with E-state index in [0.717, 1.165) is 0 Å². The van der Waals surface area contributed by atoms with Gasteiger partial charge in [-0.3, -0.25) is 0 Å². The number of hydrogen-bond acceptors (Lipinski definition) is 4. The predicted octanol–water partition coefficient (Wildman–Crippen LogP) is 0.0605. The van der Waals surface area contributed by atoms with E-state index < -0.39 is 10.7 Å². The van der Waals surface area contributed by atoms with Gasteiger partial charge in [-0.1, -0.05) is 0 Å². The summed E-state index contributed by atoms with van der Waals surface area (Å²) in [6.45, 7) is 0. The third-order valence-corrected chi connectivity index (χ3v) is 1.83. The van der Waals surface area contributed by atoms with Gasteiger partial charge in [-0.15, -0.1) is 0 Å². The molecule has 0 unspecified atom stereocenters. The number of rotatable bonds is 2. The van der Waals surface area contributed by atoms with E-state index in [2.05, 4.69) is 4.98 Å². The van der Waals surface area contributed by atoms with Crippen LogP contribution in [0.3, 0.4) is 0 Å². The fourth-order valence-electron chi connectivity index (χ4n) is 0.601. The van der Waals surface area contributed by atoms with Crippen molar-refractivity contribution in [3.8, 4) is 5.88 Å². The zero-order valence-corrected chi connectivity index (χ0v) is 6.75. The molecule has 1 aromatic heterocycles. The molecule has 1 aromatic rings. The van der Waals surface area contributed by atoms with Gasteiger partial charge in [-0.2, -0.15) is 0 Å². The van der Waals surface area contributed by atoms with Gasteiger partial charge in [0.2, 0.25) is 5.88 Å². The molecule has 5 heteroatoms. The van der Waals surface area contributed by atoms with E-state index in [9.17, 15) is 8.42 Å². The Morgan fingerprint density at radius 2 is 2.18 bits per heavy atom. The molecule has 60 valence electrons. The van der Waals surface area contributed by atoms with Gasteiger partial charge >= 0.3 is 0 Å². The maximum Gasteiger partial charge on any atom is 0.212 e. The summed E-state index contributed by atoms with van der Waals surface area (Å²) in [5.41, 5.74) is 0. The van der Waals surface area contributed by atoms with E-state index in [1.165, 1.54) is 25.4 Å². The van der Waals surface area contributed by atoms with Gasteiger partial charge in [0, 0.05) is 12.3 Å². The van der Waals surface area contributed by atoms with Gasteiger partial charge in [0.1, 0.15) is 0 Å². The number of ether oxygens (including phenoxy) is 1. The van der Waals surface area contributed by atoms with Crippen molar-refractivity contribution in [1.29, 1.82) is 0 Å². The first kappa shape index (κ1) is 8.00. The summed E-state index contributed by atoms with van der Waals surface area (Å²) < 4.78 is 25.5. The van der Waals surface area contributed by atoms with Crippen molar-refractivity contribution in [3.63, 3.8) is 0 Å². The fraction of sp³-hybridized carbons (Fsp3) is 0.167. The highest BCUT2D eigenvalue weighted by Gasteiger charge is 1.95. The largest absolute Gasteiger partial charge is 0.481 e. The Kier molecular flexibility index (Phi) is 2.43. The Morgan fingerprint density at radius 3 is 2.55 bits per heavy atom. The van der Waals surface area contributed by atoms with Crippen LogP contribution in [-0.2, 0) is 10.7 Å². The Balaban J connectivity index is 3.01. The first-order chi connectivity index (χ1) is 5.24. The van der Waals surface area contributed by atoms with E-state index in [1.807, 2.05) is 0 Å². The second-order valence-electron chi connectivity index (χ2n) is 1.82. The molecule has 4 nitrogen and oxygen atoms in total. The number of pyridine rings is 1. The third-order valence-electron chi connectivity index (χ3n) is 1.14. The topological polar surface area (TPSA) is 56.3 Å². The molecule has 0 aliphatic heterocycles. The van der Waals surface area contributed by atoms with Crippen molar-refractivity contribution in [1.82, 2.24) is 4.98 Å².